The monoisotopic (exact) mass is 369 g/mol. The molecule has 0 atom stereocenters. The number of nitrogens with one attached hydrogen (secondary N) is 3. The first-order chi connectivity index (χ1) is 11.0. The molecule has 0 unspecified atom stereocenters. The lowest BCUT2D eigenvalue weighted by Crippen LogP contribution is -3.02. The molecule has 0 fully saturated rings. The first-order valence-corrected chi connectivity index (χ1v) is 7.61. The molecule has 0 aromatic heterocycles. The van der Waals surface area contributed by atoms with Gasteiger partial charge in [0, 0.05) is 24.8 Å². The molecule has 0 amide bonds. The summed E-state index contributed by atoms with van der Waals surface area (Å²) in [5, 5.41) is 38.9. The maximum absolute atomic E-state index is 10.1. The van der Waals surface area contributed by atoms with E-state index in [0.717, 1.165) is 0 Å². The molecule has 10 heteroatoms. The third-order valence-electron chi connectivity index (χ3n) is 1.25. The summed E-state index contributed by atoms with van der Waals surface area (Å²) >= 11 is 0. The molecule has 10 nitrogen and oxygen atoms in total. The fraction of sp³-hybridized carbons (Fsp3) is 0.800. The summed E-state index contributed by atoms with van der Waals surface area (Å²) < 4.78 is 0. The van der Waals surface area contributed by atoms with E-state index < -0.39 is 36.4 Å². The molecule has 0 aliphatic carbocycles. The van der Waals surface area contributed by atoms with E-state index in [4.69, 9.17) is 5.11 Å². The Morgan fingerprint density at radius 1 is 0.680 bits per heavy atom. The minimum absolute atomic E-state index is 1.36. The Balaban J connectivity index is -0.000000150. The summed E-state index contributed by atoms with van der Waals surface area (Å²) in [7, 11) is 18.8. The van der Waals surface area contributed by atoms with Crippen molar-refractivity contribution in [1.29, 1.82) is 0 Å². The molecule has 0 aromatic carbocycles. The lowest BCUT2D eigenvalue weighted by atomic mass is 9.96. The van der Waals surface area contributed by atoms with Crippen LogP contribution >= 0.6 is 0 Å². The maximum Gasteiger partial charge on any atom is 0.114 e. The van der Waals surface area contributed by atoms with Crippen molar-refractivity contribution in [2.45, 2.75) is 18.4 Å². The van der Waals surface area contributed by atoms with Crippen LogP contribution in [0.15, 0.2) is 0 Å². The predicted molar refractivity (Wildman–Crippen MR) is 85.4 cm³/mol. The summed E-state index contributed by atoms with van der Waals surface area (Å²) in [5.74, 6) is -5.98. The SMILES string of the molecule is C[NH+](C)C.C[NH+](C)C.C[NH+](C)C.O=C([O-])CC(O)(CC(=O)[O-])C(=O)[O-]. The molecular formula is C15H35N3O7. The van der Waals surface area contributed by atoms with E-state index in [0.29, 0.717) is 0 Å². The van der Waals surface area contributed by atoms with Crippen LogP contribution in [0.1, 0.15) is 12.8 Å². The van der Waals surface area contributed by atoms with Gasteiger partial charge in [0.05, 0.1) is 69.4 Å². The van der Waals surface area contributed by atoms with Crippen molar-refractivity contribution in [1.82, 2.24) is 0 Å². The zero-order chi connectivity index (χ0) is 21.4. The Kier molecular flexibility index (Phi) is 21.2. The van der Waals surface area contributed by atoms with E-state index >= 15 is 0 Å². The number of aliphatic hydroxyl groups is 1. The number of hydrogen-bond donors (Lipinski definition) is 4. The van der Waals surface area contributed by atoms with E-state index in [-0.39, 0.29) is 0 Å². The number of carboxylic acids is 3. The van der Waals surface area contributed by atoms with Crippen molar-refractivity contribution >= 4 is 17.9 Å². The van der Waals surface area contributed by atoms with E-state index in [2.05, 4.69) is 63.4 Å². The third kappa shape index (κ3) is 44.9. The van der Waals surface area contributed by atoms with Gasteiger partial charge in [-0.3, -0.25) is 0 Å². The molecule has 0 aromatic rings. The van der Waals surface area contributed by atoms with Crippen molar-refractivity contribution in [3.05, 3.63) is 0 Å². The molecule has 0 rings (SSSR count). The number of quaternary nitrogens is 3. The molecule has 0 aliphatic rings. The van der Waals surface area contributed by atoms with E-state index in [9.17, 15) is 29.7 Å². The normalized spacial score (nSPS) is 9.96. The number of rotatable bonds is 5. The average Bonchev–Trinajstić information content (AvgIpc) is 2.22. The number of aliphatic carboxylic acids is 3. The third-order valence-corrected chi connectivity index (χ3v) is 1.25. The highest BCUT2D eigenvalue weighted by atomic mass is 16.4. The fourth-order valence-electron chi connectivity index (χ4n) is 0.684. The Labute approximate surface area is 150 Å². The van der Waals surface area contributed by atoms with Crippen LogP contribution in [-0.2, 0) is 14.4 Å². The molecule has 0 spiro atoms. The van der Waals surface area contributed by atoms with Gasteiger partial charge in [-0.2, -0.15) is 0 Å². The molecule has 0 aliphatic heterocycles. The van der Waals surface area contributed by atoms with Crippen molar-refractivity contribution in [3.63, 3.8) is 0 Å². The van der Waals surface area contributed by atoms with Crippen molar-refractivity contribution < 1.29 is 49.5 Å². The van der Waals surface area contributed by atoms with Gasteiger partial charge in [0.15, 0.2) is 0 Å². The van der Waals surface area contributed by atoms with Crippen LogP contribution in [0, 0.1) is 0 Å². The van der Waals surface area contributed by atoms with Crippen molar-refractivity contribution in [2.24, 2.45) is 0 Å². The minimum atomic E-state index is -2.97. The Hall–Kier alpha value is -1.75. The molecular weight excluding hydrogens is 334 g/mol. The van der Waals surface area contributed by atoms with Gasteiger partial charge < -0.3 is 49.5 Å². The fourth-order valence-corrected chi connectivity index (χ4v) is 0.684. The second-order valence-corrected chi connectivity index (χ2v) is 6.92. The quantitative estimate of drug-likeness (QED) is 0.375. The van der Waals surface area contributed by atoms with Gasteiger partial charge in [-0.05, 0) is 0 Å². The van der Waals surface area contributed by atoms with Gasteiger partial charge >= 0.3 is 0 Å². The highest BCUT2D eigenvalue weighted by Crippen LogP contribution is 2.13. The smallest absolute Gasteiger partial charge is 0.114 e. The Morgan fingerprint density at radius 2 is 0.840 bits per heavy atom. The highest BCUT2D eigenvalue weighted by Gasteiger charge is 2.29. The van der Waals surface area contributed by atoms with Crippen molar-refractivity contribution in [3.8, 4) is 0 Å². The lowest BCUT2D eigenvalue weighted by molar-refractivity contribution is -0.836. The van der Waals surface area contributed by atoms with Crippen LogP contribution in [0.5, 0.6) is 0 Å². The molecule has 0 bridgehead atoms. The van der Waals surface area contributed by atoms with Crippen LogP contribution in [0.4, 0.5) is 0 Å². The van der Waals surface area contributed by atoms with E-state index in [1.54, 1.807) is 0 Å². The molecule has 25 heavy (non-hydrogen) atoms. The van der Waals surface area contributed by atoms with E-state index in [1.807, 2.05) is 0 Å². The summed E-state index contributed by atoms with van der Waals surface area (Å²) in [4.78, 5) is 34.2. The largest absolute Gasteiger partial charge is 0.550 e. The van der Waals surface area contributed by atoms with Crippen LogP contribution in [0.25, 0.3) is 0 Å². The lowest BCUT2D eigenvalue weighted by Gasteiger charge is -2.29. The van der Waals surface area contributed by atoms with Crippen LogP contribution in [0.3, 0.4) is 0 Å². The van der Waals surface area contributed by atoms with Crippen molar-refractivity contribution in [2.75, 3.05) is 63.4 Å². The van der Waals surface area contributed by atoms with Gasteiger partial charge in [0.2, 0.25) is 0 Å². The molecule has 0 saturated heterocycles. The predicted octanol–water partition coefficient (Wildman–Crippen LogP) is -8.97. The number of carbonyl (C=O) groups is 3. The maximum atomic E-state index is 10.1. The molecule has 0 saturated carbocycles. The number of hydrogen-bond acceptors (Lipinski definition) is 7. The molecule has 4 N–H and O–H groups in total. The number of carboxylic acid groups (broad SMARTS) is 3. The topological polar surface area (TPSA) is 154 Å². The van der Waals surface area contributed by atoms with Gasteiger partial charge in [-0.25, -0.2) is 0 Å². The Morgan fingerprint density at radius 3 is 0.920 bits per heavy atom. The average molecular weight is 369 g/mol. The van der Waals surface area contributed by atoms with Gasteiger partial charge in [0.25, 0.3) is 0 Å². The first-order valence-electron chi connectivity index (χ1n) is 7.61. The molecule has 0 radical (unpaired) electrons. The molecule has 0 heterocycles. The summed E-state index contributed by atoms with van der Waals surface area (Å²) in [6, 6.07) is 0. The summed E-state index contributed by atoms with van der Waals surface area (Å²) in [5.41, 5.74) is -2.97. The second-order valence-electron chi connectivity index (χ2n) is 6.92. The van der Waals surface area contributed by atoms with Crippen LogP contribution in [-0.4, -0.2) is 92.0 Å². The van der Waals surface area contributed by atoms with Crippen LogP contribution < -0.4 is 30.0 Å². The summed E-state index contributed by atoms with van der Waals surface area (Å²) in [6.07, 6.45) is -2.72. The van der Waals surface area contributed by atoms with Gasteiger partial charge in [0.1, 0.15) is 5.60 Å². The highest BCUT2D eigenvalue weighted by molar-refractivity contribution is 5.86. The summed E-state index contributed by atoms with van der Waals surface area (Å²) in [6.45, 7) is 0. The van der Waals surface area contributed by atoms with E-state index in [1.165, 1.54) is 14.7 Å². The molecule has 152 valence electrons. The zero-order valence-corrected chi connectivity index (χ0v) is 16.8. The van der Waals surface area contributed by atoms with Crippen LogP contribution in [0.2, 0.25) is 0 Å². The standard InChI is InChI=1S/C6H8O7.3C3H9N/c7-3(8)1-6(13,5(11)12)2-4(9)10;3*1-4(2)3/h13H,1-2H2,(H,7,8)(H,9,10)(H,11,12);3*1-3H3. The van der Waals surface area contributed by atoms with Gasteiger partial charge in [-0.15, -0.1) is 0 Å². The minimum Gasteiger partial charge on any atom is -0.550 e. The zero-order valence-electron chi connectivity index (χ0n) is 16.8. The first kappa shape index (κ1) is 31.1. The number of carbonyl (C=O) groups excluding carboxylic acids is 3. The Bertz CT molecular complexity index is 334. The van der Waals surface area contributed by atoms with Gasteiger partial charge in [-0.1, -0.05) is 0 Å². The second kappa shape index (κ2) is 17.1.